The van der Waals surface area contributed by atoms with Gasteiger partial charge in [-0.3, -0.25) is 4.79 Å². The van der Waals surface area contributed by atoms with Gasteiger partial charge in [-0.1, -0.05) is 22.0 Å². The van der Waals surface area contributed by atoms with Gasteiger partial charge in [-0.2, -0.15) is 0 Å². The summed E-state index contributed by atoms with van der Waals surface area (Å²) in [6.45, 7) is 3.67. The molecule has 1 fully saturated rings. The molecule has 1 aliphatic heterocycles. The Morgan fingerprint density at radius 2 is 1.95 bits per heavy atom. The average Bonchev–Trinajstić information content (AvgIpc) is 3.05. The summed E-state index contributed by atoms with van der Waals surface area (Å²) in [5, 5.41) is 11.3. The second-order valence-electron chi connectivity index (χ2n) is 5.39. The van der Waals surface area contributed by atoms with E-state index < -0.39 is 0 Å². The fourth-order valence-electron chi connectivity index (χ4n) is 2.41. The number of nitrogens with zero attached hydrogens (tertiary/aromatic N) is 3. The minimum Gasteiger partial charge on any atom is -0.339 e. The van der Waals surface area contributed by atoms with Crippen LogP contribution in [0.4, 0.5) is 11.5 Å². The van der Waals surface area contributed by atoms with Crippen molar-refractivity contribution in [2.24, 2.45) is 0 Å². The molecule has 3 rings (SSSR count). The number of likely N-dealkylation sites (tertiary alicyclic amines) is 1. The van der Waals surface area contributed by atoms with E-state index in [4.69, 9.17) is 0 Å². The Kier molecular flexibility index (Phi) is 4.38. The minimum absolute atomic E-state index is 0.0327. The minimum atomic E-state index is -0.0327. The second kappa shape index (κ2) is 6.44. The Labute approximate surface area is 137 Å². The van der Waals surface area contributed by atoms with Crippen molar-refractivity contribution in [3.8, 4) is 0 Å². The van der Waals surface area contributed by atoms with Gasteiger partial charge in [0.15, 0.2) is 11.5 Å². The Hall–Kier alpha value is -1.95. The van der Waals surface area contributed by atoms with Gasteiger partial charge in [0, 0.05) is 23.2 Å². The molecule has 5 nitrogen and oxygen atoms in total. The number of halogens is 1. The molecule has 2 aromatic rings. The Morgan fingerprint density at radius 3 is 2.59 bits per heavy atom. The first-order valence-electron chi connectivity index (χ1n) is 7.30. The Morgan fingerprint density at radius 1 is 1.18 bits per heavy atom. The van der Waals surface area contributed by atoms with E-state index in [1.54, 1.807) is 12.1 Å². The number of aryl methyl sites for hydroxylation is 1. The van der Waals surface area contributed by atoms with Crippen LogP contribution in [0, 0.1) is 6.92 Å². The quantitative estimate of drug-likeness (QED) is 0.909. The predicted octanol–water partition coefficient (Wildman–Crippen LogP) is 3.53. The topological polar surface area (TPSA) is 58.1 Å². The van der Waals surface area contributed by atoms with E-state index in [0.29, 0.717) is 11.5 Å². The van der Waals surface area contributed by atoms with Gasteiger partial charge in [0.1, 0.15) is 0 Å². The van der Waals surface area contributed by atoms with Crippen LogP contribution in [0.15, 0.2) is 34.8 Å². The summed E-state index contributed by atoms with van der Waals surface area (Å²) in [6, 6.07) is 9.49. The van der Waals surface area contributed by atoms with E-state index in [2.05, 4.69) is 31.4 Å². The molecular weight excluding hydrogens is 344 g/mol. The lowest BCUT2D eigenvalue weighted by Gasteiger charge is -2.14. The first-order chi connectivity index (χ1) is 10.6. The van der Waals surface area contributed by atoms with Crippen LogP contribution in [0.2, 0.25) is 0 Å². The summed E-state index contributed by atoms with van der Waals surface area (Å²) in [4.78, 5) is 14.0. The highest BCUT2D eigenvalue weighted by Crippen LogP contribution is 2.22. The van der Waals surface area contributed by atoms with Crippen LogP contribution in [-0.2, 0) is 0 Å². The van der Waals surface area contributed by atoms with E-state index in [0.717, 1.165) is 36.1 Å². The van der Waals surface area contributed by atoms with Crippen LogP contribution < -0.4 is 5.32 Å². The van der Waals surface area contributed by atoms with E-state index in [-0.39, 0.29) is 5.91 Å². The van der Waals surface area contributed by atoms with Crippen molar-refractivity contribution in [2.75, 3.05) is 18.4 Å². The number of anilines is 2. The number of nitrogens with one attached hydrogen (secondary N) is 1. The summed E-state index contributed by atoms with van der Waals surface area (Å²) in [5.74, 6) is 0.586. The number of rotatable bonds is 3. The maximum atomic E-state index is 12.2. The van der Waals surface area contributed by atoms with E-state index in [1.807, 2.05) is 30.0 Å². The Balaban J connectivity index is 1.70. The molecule has 0 saturated carbocycles. The number of hydrogen-bond donors (Lipinski definition) is 1. The highest BCUT2D eigenvalue weighted by molar-refractivity contribution is 9.10. The van der Waals surface area contributed by atoms with Gasteiger partial charge in [0.05, 0.1) is 0 Å². The summed E-state index contributed by atoms with van der Waals surface area (Å²) < 4.78 is 1.03. The molecule has 114 valence electrons. The Bertz CT molecular complexity index is 681. The number of aromatic nitrogens is 2. The van der Waals surface area contributed by atoms with Crippen molar-refractivity contribution in [1.82, 2.24) is 15.1 Å². The van der Waals surface area contributed by atoms with Gasteiger partial charge in [0.25, 0.3) is 5.91 Å². The molecule has 1 aromatic heterocycles. The highest BCUT2D eigenvalue weighted by Gasteiger charge is 2.20. The van der Waals surface area contributed by atoms with Crippen LogP contribution in [0.25, 0.3) is 0 Å². The van der Waals surface area contributed by atoms with Crippen LogP contribution in [-0.4, -0.2) is 34.1 Å². The molecule has 2 heterocycles. The molecule has 1 aromatic carbocycles. The molecule has 0 spiro atoms. The first-order valence-corrected chi connectivity index (χ1v) is 8.09. The van der Waals surface area contributed by atoms with Crippen molar-refractivity contribution in [1.29, 1.82) is 0 Å². The fraction of sp³-hybridized carbons (Fsp3) is 0.312. The van der Waals surface area contributed by atoms with Crippen molar-refractivity contribution >= 4 is 33.3 Å². The lowest BCUT2D eigenvalue weighted by molar-refractivity contribution is 0.0786. The monoisotopic (exact) mass is 360 g/mol. The zero-order chi connectivity index (χ0) is 15.5. The van der Waals surface area contributed by atoms with Crippen molar-refractivity contribution in [2.45, 2.75) is 19.8 Å². The first kappa shape index (κ1) is 15.0. The normalized spacial score (nSPS) is 14.2. The van der Waals surface area contributed by atoms with E-state index in [9.17, 15) is 4.79 Å². The summed E-state index contributed by atoms with van der Waals surface area (Å²) >= 11 is 3.50. The molecule has 0 atom stereocenters. The lowest BCUT2D eigenvalue weighted by atomic mass is 10.2. The SMILES string of the molecule is Cc1ccc(Nc2ccc(C(=O)N3CCCC3)nn2)cc1Br. The number of amides is 1. The molecule has 0 bridgehead atoms. The molecule has 1 amide bonds. The standard InChI is InChI=1S/C16H17BrN4O/c1-11-4-5-12(10-13(11)17)18-15-7-6-14(19-20-15)16(22)21-8-2-3-9-21/h4-7,10H,2-3,8-9H2,1H3,(H,18,20). The third-order valence-electron chi connectivity index (χ3n) is 3.72. The average molecular weight is 361 g/mol. The molecular formula is C16H17BrN4O. The van der Waals surface area contributed by atoms with E-state index in [1.165, 1.54) is 5.56 Å². The number of carbonyl (C=O) groups excluding carboxylic acids is 1. The lowest BCUT2D eigenvalue weighted by Crippen LogP contribution is -2.28. The van der Waals surface area contributed by atoms with Crippen LogP contribution >= 0.6 is 15.9 Å². The number of benzene rings is 1. The van der Waals surface area contributed by atoms with Crippen LogP contribution in [0.1, 0.15) is 28.9 Å². The maximum absolute atomic E-state index is 12.2. The van der Waals surface area contributed by atoms with Crippen molar-refractivity contribution < 1.29 is 4.79 Å². The maximum Gasteiger partial charge on any atom is 0.274 e. The third-order valence-corrected chi connectivity index (χ3v) is 4.58. The number of hydrogen-bond acceptors (Lipinski definition) is 4. The molecule has 1 aliphatic rings. The zero-order valence-corrected chi connectivity index (χ0v) is 13.9. The van der Waals surface area contributed by atoms with Crippen molar-refractivity contribution in [3.63, 3.8) is 0 Å². The molecule has 1 saturated heterocycles. The molecule has 0 unspecified atom stereocenters. The predicted molar refractivity (Wildman–Crippen MR) is 89.3 cm³/mol. The third kappa shape index (κ3) is 3.27. The zero-order valence-electron chi connectivity index (χ0n) is 12.3. The van der Waals surface area contributed by atoms with Gasteiger partial charge < -0.3 is 10.2 Å². The molecule has 22 heavy (non-hydrogen) atoms. The van der Waals surface area contributed by atoms with Crippen molar-refractivity contribution in [3.05, 3.63) is 46.1 Å². The molecule has 0 radical (unpaired) electrons. The van der Waals surface area contributed by atoms with Gasteiger partial charge in [0.2, 0.25) is 0 Å². The largest absolute Gasteiger partial charge is 0.339 e. The highest BCUT2D eigenvalue weighted by atomic mass is 79.9. The number of carbonyl (C=O) groups is 1. The second-order valence-corrected chi connectivity index (χ2v) is 6.25. The molecule has 0 aliphatic carbocycles. The van der Waals surface area contributed by atoms with Crippen LogP contribution in [0.3, 0.4) is 0 Å². The van der Waals surface area contributed by atoms with Crippen LogP contribution in [0.5, 0.6) is 0 Å². The molecule has 6 heteroatoms. The fourth-order valence-corrected chi connectivity index (χ4v) is 2.79. The van der Waals surface area contributed by atoms with Gasteiger partial charge in [-0.25, -0.2) is 0 Å². The summed E-state index contributed by atoms with van der Waals surface area (Å²) in [6.07, 6.45) is 2.14. The van der Waals surface area contributed by atoms with Gasteiger partial charge in [-0.05, 0) is 49.6 Å². The van der Waals surface area contributed by atoms with Gasteiger partial charge >= 0.3 is 0 Å². The summed E-state index contributed by atoms with van der Waals surface area (Å²) in [7, 11) is 0. The summed E-state index contributed by atoms with van der Waals surface area (Å²) in [5.41, 5.74) is 2.49. The smallest absolute Gasteiger partial charge is 0.274 e. The van der Waals surface area contributed by atoms with Gasteiger partial charge in [-0.15, -0.1) is 10.2 Å². The molecule has 1 N–H and O–H groups in total. The van der Waals surface area contributed by atoms with E-state index >= 15 is 0 Å².